The second kappa shape index (κ2) is 8.03. The molecule has 0 radical (unpaired) electrons. The SMILES string of the molecule is COC(=O)c1cc(C#Cc2ccc(C(=O)OC(C)(C)C)cc2)cnc1Cl. The van der Waals surface area contributed by atoms with E-state index in [0.29, 0.717) is 16.7 Å². The first-order chi connectivity index (χ1) is 12.2. The van der Waals surface area contributed by atoms with Crippen LogP contribution in [0.15, 0.2) is 36.5 Å². The number of nitrogens with zero attached hydrogens (tertiary/aromatic N) is 1. The van der Waals surface area contributed by atoms with Crippen LogP contribution in [0.1, 0.15) is 52.6 Å². The first-order valence-corrected chi connectivity index (χ1v) is 8.17. The number of carbonyl (C=O) groups is 2. The lowest BCUT2D eigenvalue weighted by atomic mass is 10.1. The summed E-state index contributed by atoms with van der Waals surface area (Å²) in [5.74, 6) is 4.88. The summed E-state index contributed by atoms with van der Waals surface area (Å²) in [6.45, 7) is 5.44. The number of pyridine rings is 1. The molecule has 1 aromatic carbocycles. The Kier molecular flexibility index (Phi) is 6.01. The topological polar surface area (TPSA) is 65.5 Å². The van der Waals surface area contributed by atoms with Gasteiger partial charge in [-0.25, -0.2) is 14.6 Å². The van der Waals surface area contributed by atoms with Gasteiger partial charge >= 0.3 is 11.9 Å². The molecule has 0 fully saturated rings. The monoisotopic (exact) mass is 371 g/mol. The zero-order valence-corrected chi connectivity index (χ0v) is 15.7. The lowest BCUT2D eigenvalue weighted by Gasteiger charge is -2.19. The van der Waals surface area contributed by atoms with Crippen molar-refractivity contribution in [3.05, 3.63) is 63.9 Å². The van der Waals surface area contributed by atoms with Crippen LogP contribution in [0.3, 0.4) is 0 Å². The van der Waals surface area contributed by atoms with Gasteiger partial charge in [0.15, 0.2) is 0 Å². The van der Waals surface area contributed by atoms with Crippen LogP contribution < -0.4 is 0 Å². The van der Waals surface area contributed by atoms with E-state index in [1.54, 1.807) is 24.3 Å². The average Bonchev–Trinajstić information content (AvgIpc) is 2.59. The van der Waals surface area contributed by atoms with Crippen LogP contribution in [0.4, 0.5) is 0 Å². The second-order valence-electron chi connectivity index (χ2n) is 6.38. The van der Waals surface area contributed by atoms with E-state index in [1.165, 1.54) is 19.4 Å². The molecule has 26 heavy (non-hydrogen) atoms. The first-order valence-electron chi connectivity index (χ1n) is 7.79. The zero-order valence-electron chi connectivity index (χ0n) is 14.9. The first kappa shape index (κ1) is 19.5. The predicted molar refractivity (Wildman–Crippen MR) is 98.2 cm³/mol. The Bertz CT molecular complexity index is 887. The van der Waals surface area contributed by atoms with Gasteiger partial charge in [-0.3, -0.25) is 0 Å². The number of methoxy groups -OCH3 is 1. The molecule has 0 amide bonds. The van der Waals surface area contributed by atoms with Gasteiger partial charge in [-0.2, -0.15) is 0 Å². The molecular formula is C20H18ClNO4. The Balaban J connectivity index is 2.18. The average molecular weight is 372 g/mol. The summed E-state index contributed by atoms with van der Waals surface area (Å²) >= 11 is 5.88. The van der Waals surface area contributed by atoms with Crippen molar-refractivity contribution in [3.8, 4) is 11.8 Å². The van der Waals surface area contributed by atoms with Gasteiger partial charge in [0.05, 0.1) is 18.2 Å². The molecule has 6 heteroatoms. The predicted octanol–water partition coefficient (Wildman–Crippen LogP) is 3.88. The van der Waals surface area contributed by atoms with Crippen molar-refractivity contribution < 1.29 is 19.1 Å². The van der Waals surface area contributed by atoms with Crippen LogP contribution in [-0.4, -0.2) is 29.6 Å². The molecule has 0 aliphatic rings. The summed E-state index contributed by atoms with van der Waals surface area (Å²) in [5.41, 5.74) is 1.28. The smallest absolute Gasteiger partial charge is 0.341 e. The Hall–Kier alpha value is -2.84. The molecule has 0 spiro atoms. The minimum Gasteiger partial charge on any atom is -0.465 e. The molecule has 1 aromatic heterocycles. The Morgan fingerprint density at radius 3 is 2.23 bits per heavy atom. The third kappa shape index (κ3) is 5.33. The van der Waals surface area contributed by atoms with Crippen molar-refractivity contribution in [2.45, 2.75) is 26.4 Å². The molecule has 0 atom stereocenters. The molecule has 1 heterocycles. The minimum absolute atomic E-state index is 0.0594. The highest BCUT2D eigenvalue weighted by molar-refractivity contribution is 6.32. The standard InChI is InChI=1S/C20H18ClNO4/c1-20(2,3)26-18(23)15-9-7-13(8-10-15)5-6-14-11-16(19(24)25-4)17(21)22-12-14/h7-12H,1-4H3. The van der Waals surface area contributed by atoms with E-state index >= 15 is 0 Å². The van der Waals surface area contributed by atoms with Crippen LogP contribution in [0.2, 0.25) is 5.15 Å². The molecular weight excluding hydrogens is 354 g/mol. The van der Waals surface area contributed by atoms with E-state index in [4.69, 9.17) is 16.3 Å². The summed E-state index contributed by atoms with van der Waals surface area (Å²) in [6, 6.07) is 8.26. The number of rotatable bonds is 2. The van der Waals surface area contributed by atoms with Crippen molar-refractivity contribution in [1.82, 2.24) is 4.98 Å². The molecule has 2 rings (SSSR count). The maximum atomic E-state index is 12.0. The Morgan fingerprint density at radius 1 is 1.04 bits per heavy atom. The maximum Gasteiger partial charge on any atom is 0.341 e. The molecule has 0 bridgehead atoms. The number of halogens is 1. The van der Waals surface area contributed by atoms with Crippen LogP contribution in [0.25, 0.3) is 0 Å². The van der Waals surface area contributed by atoms with Gasteiger partial charge in [0, 0.05) is 17.3 Å². The van der Waals surface area contributed by atoms with E-state index in [2.05, 4.69) is 21.6 Å². The molecule has 0 aliphatic heterocycles. The highest BCUT2D eigenvalue weighted by Gasteiger charge is 2.17. The maximum absolute atomic E-state index is 12.0. The number of esters is 2. The number of hydrogen-bond donors (Lipinski definition) is 0. The molecule has 134 valence electrons. The van der Waals surface area contributed by atoms with E-state index in [-0.39, 0.29) is 16.7 Å². The summed E-state index contributed by atoms with van der Waals surface area (Å²) < 4.78 is 9.96. The van der Waals surface area contributed by atoms with Crippen LogP contribution in [0.5, 0.6) is 0 Å². The number of benzene rings is 1. The highest BCUT2D eigenvalue weighted by atomic mass is 35.5. The zero-order chi connectivity index (χ0) is 19.3. The number of carbonyl (C=O) groups excluding carboxylic acids is 2. The van der Waals surface area contributed by atoms with E-state index in [0.717, 1.165) is 0 Å². The van der Waals surface area contributed by atoms with Crippen LogP contribution in [-0.2, 0) is 9.47 Å². The number of hydrogen-bond acceptors (Lipinski definition) is 5. The van der Waals surface area contributed by atoms with E-state index < -0.39 is 11.6 Å². The van der Waals surface area contributed by atoms with Crippen LogP contribution in [0, 0.1) is 11.8 Å². The van der Waals surface area contributed by atoms with Crippen molar-refractivity contribution in [2.24, 2.45) is 0 Å². The fraction of sp³-hybridized carbons (Fsp3) is 0.250. The molecule has 0 saturated carbocycles. The molecule has 2 aromatic rings. The largest absolute Gasteiger partial charge is 0.465 e. The number of aromatic nitrogens is 1. The summed E-state index contributed by atoms with van der Waals surface area (Å²) in [6.07, 6.45) is 1.47. The molecule has 0 aliphatic carbocycles. The number of ether oxygens (including phenoxy) is 2. The second-order valence-corrected chi connectivity index (χ2v) is 6.74. The van der Waals surface area contributed by atoms with Crippen molar-refractivity contribution in [2.75, 3.05) is 7.11 Å². The van der Waals surface area contributed by atoms with Gasteiger partial charge in [-0.15, -0.1) is 0 Å². The van der Waals surface area contributed by atoms with Gasteiger partial charge in [0.25, 0.3) is 0 Å². The van der Waals surface area contributed by atoms with Crippen molar-refractivity contribution in [3.63, 3.8) is 0 Å². The van der Waals surface area contributed by atoms with Gasteiger partial charge in [-0.1, -0.05) is 23.4 Å². The lowest BCUT2D eigenvalue weighted by Crippen LogP contribution is -2.23. The summed E-state index contributed by atoms with van der Waals surface area (Å²) in [4.78, 5) is 27.5. The van der Waals surface area contributed by atoms with Gasteiger partial charge < -0.3 is 9.47 Å². The summed E-state index contributed by atoms with van der Waals surface area (Å²) in [5, 5.41) is 0.0594. The van der Waals surface area contributed by atoms with Gasteiger partial charge in [0.2, 0.25) is 0 Å². The third-order valence-corrected chi connectivity index (χ3v) is 3.42. The fourth-order valence-corrected chi connectivity index (χ4v) is 2.12. The third-order valence-electron chi connectivity index (χ3n) is 3.12. The van der Waals surface area contributed by atoms with Crippen LogP contribution >= 0.6 is 11.6 Å². The van der Waals surface area contributed by atoms with Gasteiger partial charge in [0.1, 0.15) is 10.8 Å². The van der Waals surface area contributed by atoms with Crippen molar-refractivity contribution in [1.29, 1.82) is 0 Å². The fourth-order valence-electron chi connectivity index (χ4n) is 1.94. The quantitative estimate of drug-likeness (QED) is 0.455. The highest BCUT2D eigenvalue weighted by Crippen LogP contribution is 2.15. The Morgan fingerprint density at radius 2 is 1.65 bits per heavy atom. The minimum atomic E-state index is -0.576. The van der Waals surface area contributed by atoms with Crippen molar-refractivity contribution >= 4 is 23.5 Å². The van der Waals surface area contributed by atoms with E-state index in [9.17, 15) is 9.59 Å². The molecule has 5 nitrogen and oxygen atoms in total. The van der Waals surface area contributed by atoms with Gasteiger partial charge in [-0.05, 0) is 51.1 Å². The normalized spacial score (nSPS) is 10.5. The lowest BCUT2D eigenvalue weighted by molar-refractivity contribution is 0.00693. The molecule has 0 unspecified atom stereocenters. The molecule has 0 saturated heterocycles. The summed E-state index contributed by atoms with van der Waals surface area (Å²) in [7, 11) is 1.27. The molecule has 0 N–H and O–H groups in total. The van der Waals surface area contributed by atoms with E-state index in [1.807, 2.05) is 20.8 Å². The Labute approximate surface area is 157 Å².